The summed E-state index contributed by atoms with van der Waals surface area (Å²) in [5, 5.41) is 3.61. The van der Waals surface area contributed by atoms with Gasteiger partial charge in [-0.2, -0.15) is 0 Å². The van der Waals surface area contributed by atoms with Gasteiger partial charge in [0, 0.05) is 51.7 Å². The Kier molecular flexibility index (Phi) is 7.28. The van der Waals surface area contributed by atoms with E-state index in [9.17, 15) is 0 Å². The van der Waals surface area contributed by atoms with Gasteiger partial charge in [0.05, 0.1) is 12.9 Å². The molecule has 2 atom stereocenters. The quantitative estimate of drug-likeness (QED) is 0.575. The molecule has 28 heavy (non-hydrogen) atoms. The molecule has 3 aliphatic rings. The molecule has 6 nitrogen and oxygen atoms in total. The molecule has 3 saturated heterocycles. The monoisotopic (exact) mass is 388 g/mol. The summed E-state index contributed by atoms with van der Waals surface area (Å²) in [4.78, 5) is 10.1. The van der Waals surface area contributed by atoms with Crippen molar-refractivity contribution in [3.63, 3.8) is 0 Å². The Morgan fingerprint density at radius 2 is 2.07 bits per heavy atom. The van der Waals surface area contributed by atoms with Crippen molar-refractivity contribution in [3.05, 3.63) is 24.2 Å². The highest BCUT2D eigenvalue weighted by Crippen LogP contribution is 2.20. The Labute approximate surface area is 169 Å². The first-order valence-corrected chi connectivity index (χ1v) is 11.2. The van der Waals surface area contributed by atoms with Crippen molar-refractivity contribution in [2.75, 3.05) is 59.0 Å². The van der Waals surface area contributed by atoms with Gasteiger partial charge >= 0.3 is 0 Å². The summed E-state index contributed by atoms with van der Waals surface area (Å²) in [6.07, 6.45) is 9.22. The number of nitrogens with one attached hydrogen (secondary N) is 1. The van der Waals surface area contributed by atoms with Gasteiger partial charge in [-0.25, -0.2) is 0 Å². The smallest absolute Gasteiger partial charge is 0.193 e. The minimum absolute atomic E-state index is 0.577. The lowest BCUT2D eigenvalue weighted by atomic mass is 10.1. The first-order valence-electron chi connectivity index (χ1n) is 11.2. The van der Waals surface area contributed by atoms with Crippen LogP contribution in [0.4, 0.5) is 0 Å². The number of hydrogen-bond donors (Lipinski definition) is 1. The molecule has 2 unspecified atom stereocenters. The van der Waals surface area contributed by atoms with E-state index in [1.54, 1.807) is 6.26 Å². The van der Waals surface area contributed by atoms with Crippen LogP contribution in [0.3, 0.4) is 0 Å². The van der Waals surface area contributed by atoms with Gasteiger partial charge in [-0.1, -0.05) is 6.42 Å². The van der Waals surface area contributed by atoms with E-state index in [0.717, 1.165) is 69.9 Å². The second-order valence-corrected chi connectivity index (χ2v) is 8.61. The van der Waals surface area contributed by atoms with E-state index in [1.165, 1.54) is 45.3 Å². The minimum atomic E-state index is 0.577. The molecule has 156 valence electrons. The minimum Gasteiger partial charge on any atom is -0.469 e. The predicted molar refractivity (Wildman–Crippen MR) is 112 cm³/mol. The van der Waals surface area contributed by atoms with Crippen molar-refractivity contribution < 1.29 is 9.15 Å². The number of ether oxygens (including phenoxy) is 1. The van der Waals surface area contributed by atoms with E-state index in [1.807, 2.05) is 12.1 Å². The van der Waals surface area contributed by atoms with Gasteiger partial charge < -0.3 is 24.3 Å². The zero-order chi connectivity index (χ0) is 19.0. The van der Waals surface area contributed by atoms with Crippen molar-refractivity contribution in [1.29, 1.82) is 0 Å². The number of likely N-dealkylation sites (tertiary alicyclic amines) is 2. The first kappa shape index (κ1) is 19.8. The van der Waals surface area contributed by atoms with Crippen LogP contribution in [0, 0.1) is 11.8 Å². The summed E-state index contributed by atoms with van der Waals surface area (Å²) in [6, 6.07) is 3.99. The summed E-state index contributed by atoms with van der Waals surface area (Å²) < 4.78 is 11.0. The van der Waals surface area contributed by atoms with Gasteiger partial charge in [0.2, 0.25) is 0 Å². The van der Waals surface area contributed by atoms with Crippen molar-refractivity contribution in [1.82, 2.24) is 15.1 Å². The van der Waals surface area contributed by atoms with Gasteiger partial charge in [-0.05, 0) is 56.8 Å². The van der Waals surface area contributed by atoms with Gasteiger partial charge in [0.25, 0.3) is 0 Å². The number of aliphatic imine (C=N–C) groups is 1. The molecule has 0 saturated carbocycles. The molecule has 3 aliphatic heterocycles. The van der Waals surface area contributed by atoms with Crippen molar-refractivity contribution in [3.8, 4) is 0 Å². The first-order chi connectivity index (χ1) is 13.9. The molecule has 1 aromatic rings. The predicted octanol–water partition coefficient (Wildman–Crippen LogP) is 2.61. The van der Waals surface area contributed by atoms with E-state index >= 15 is 0 Å². The van der Waals surface area contributed by atoms with Gasteiger partial charge in [-0.3, -0.25) is 4.99 Å². The molecule has 4 rings (SSSR count). The molecule has 0 aliphatic carbocycles. The van der Waals surface area contributed by atoms with Crippen LogP contribution in [0.2, 0.25) is 0 Å². The fourth-order valence-electron chi connectivity index (χ4n) is 4.64. The lowest BCUT2D eigenvalue weighted by Gasteiger charge is -2.29. The van der Waals surface area contributed by atoms with Crippen LogP contribution in [0.25, 0.3) is 0 Å². The Morgan fingerprint density at radius 1 is 1.14 bits per heavy atom. The molecule has 4 heterocycles. The third-order valence-electron chi connectivity index (χ3n) is 6.31. The number of rotatable bonds is 7. The lowest BCUT2D eigenvalue weighted by Crippen LogP contribution is -2.42. The maximum Gasteiger partial charge on any atom is 0.193 e. The maximum atomic E-state index is 5.53. The summed E-state index contributed by atoms with van der Waals surface area (Å²) in [5.74, 6) is 3.46. The molecule has 0 aromatic carbocycles. The van der Waals surface area contributed by atoms with Crippen LogP contribution >= 0.6 is 0 Å². The zero-order valence-electron chi connectivity index (χ0n) is 17.2. The second kappa shape index (κ2) is 10.3. The Hall–Kier alpha value is -1.53. The molecule has 1 N–H and O–H groups in total. The van der Waals surface area contributed by atoms with Crippen molar-refractivity contribution in [2.24, 2.45) is 16.8 Å². The summed E-state index contributed by atoms with van der Waals surface area (Å²) >= 11 is 0. The topological polar surface area (TPSA) is 53.2 Å². The molecule has 0 spiro atoms. The molecule has 3 fully saturated rings. The third kappa shape index (κ3) is 5.74. The second-order valence-electron chi connectivity index (χ2n) is 8.61. The van der Waals surface area contributed by atoms with Crippen LogP contribution in [0.5, 0.6) is 0 Å². The lowest BCUT2D eigenvalue weighted by molar-refractivity contribution is 0.187. The Morgan fingerprint density at radius 3 is 2.86 bits per heavy atom. The highest BCUT2D eigenvalue weighted by Gasteiger charge is 2.27. The van der Waals surface area contributed by atoms with Crippen LogP contribution < -0.4 is 5.32 Å². The molecule has 1 aromatic heterocycles. The van der Waals surface area contributed by atoms with Gasteiger partial charge in [0.15, 0.2) is 5.96 Å². The summed E-state index contributed by atoms with van der Waals surface area (Å²) in [7, 11) is 0. The van der Waals surface area contributed by atoms with Crippen LogP contribution in [-0.2, 0) is 11.2 Å². The van der Waals surface area contributed by atoms with Crippen molar-refractivity contribution >= 4 is 5.96 Å². The summed E-state index contributed by atoms with van der Waals surface area (Å²) in [6.45, 7) is 9.57. The zero-order valence-corrected chi connectivity index (χ0v) is 17.2. The van der Waals surface area contributed by atoms with E-state index in [2.05, 4.69) is 15.1 Å². The number of piperidine rings is 1. The normalized spacial score (nSPS) is 26.9. The molecular weight excluding hydrogens is 352 g/mol. The van der Waals surface area contributed by atoms with E-state index in [-0.39, 0.29) is 0 Å². The fourth-order valence-corrected chi connectivity index (χ4v) is 4.64. The number of guanidine groups is 1. The third-order valence-corrected chi connectivity index (χ3v) is 6.31. The number of furan rings is 1. The fraction of sp³-hybridized carbons (Fsp3) is 0.773. The largest absolute Gasteiger partial charge is 0.469 e. The highest BCUT2D eigenvalue weighted by atomic mass is 16.5. The van der Waals surface area contributed by atoms with Crippen LogP contribution in [-0.4, -0.2) is 74.8 Å². The highest BCUT2D eigenvalue weighted by molar-refractivity contribution is 5.80. The van der Waals surface area contributed by atoms with E-state index in [0.29, 0.717) is 5.92 Å². The Bertz CT molecular complexity index is 592. The van der Waals surface area contributed by atoms with Gasteiger partial charge in [-0.15, -0.1) is 0 Å². The van der Waals surface area contributed by atoms with Crippen LogP contribution in [0.1, 0.15) is 37.9 Å². The average Bonchev–Trinajstić information content (AvgIpc) is 3.48. The molecule has 0 amide bonds. The standard InChI is InChI=1S/C22H36N4O2/c1-2-10-25(11-3-1)16-20-7-12-26(17-20)22(24-15-19-8-14-27-18-19)23-9-6-21-5-4-13-28-21/h4-5,13,19-20H,1-3,6-12,14-18H2,(H,23,24). The van der Waals surface area contributed by atoms with E-state index in [4.69, 9.17) is 14.1 Å². The molecule has 0 bridgehead atoms. The van der Waals surface area contributed by atoms with Gasteiger partial charge in [0.1, 0.15) is 5.76 Å². The number of nitrogens with zero attached hydrogens (tertiary/aromatic N) is 3. The number of hydrogen-bond acceptors (Lipinski definition) is 4. The molecule has 6 heteroatoms. The van der Waals surface area contributed by atoms with Crippen LogP contribution in [0.15, 0.2) is 27.8 Å². The Balaban J connectivity index is 1.30. The molecular formula is C22H36N4O2. The SMILES string of the molecule is c1coc(CCNC(=NCC2CCOC2)N2CCC(CN3CCCCC3)C2)c1. The average molecular weight is 389 g/mol. The maximum absolute atomic E-state index is 5.53. The van der Waals surface area contributed by atoms with Crippen molar-refractivity contribution in [2.45, 2.75) is 38.5 Å². The van der Waals surface area contributed by atoms with E-state index < -0.39 is 0 Å². The summed E-state index contributed by atoms with van der Waals surface area (Å²) in [5.41, 5.74) is 0. The molecule has 0 radical (unpaired) electrons.